The average molecular weight is 291 g/mol. The first-order valence-corrected chi connectivity index (χ1v) is 8.11. The summed E-state index contributed by atoms with van der Waals surface area (Å²) in [5.74, 6) is 0.844. The van der Waals surface area contributed by atoms with E-state index >= 15 is 0 Å². The Morgan fingerprint density at radius 2 is 1.86 bits per heavy atom. The topological polar surface area (TPSA) is 32.7 Å². The largest absolute Gasteiger partial charge is 0.491 e. The number of aliphatic hydroxyl groups is 1. The molecular weight excluding hydrogens is 262 g/mol. The zero-order valence-electron chi connectivity index (χ0n) is 13.8. The minimum Gasteiger partial charge on any atom is -0.491 e. The van der Waals surface area contributed by atoms with Crippen LogP contribution in [0.1, 0.15) is 44.2 Å². The molecule has 0 bridgehead atoms. The van der Waals surface area contributed by atoms with Crippen LogP contribution in [0.15, 0.2) is 18.2 Å². The number of aryl methyl sites for hydroxylation is 2. The van der Waals surface area contributed by atoms with Crippen LogP contribution in [-0.4, -0.2) is 41.3 Å². The number of piperidine rings is 1. The van der Waals surface area contributed by atoms with Crippen molar-refractivity contribution in [2.45, 2.75) is 65.1 Å². The highest BCUT2D eigenvalue weighted by Crippen LogP contribution is 2.23. The van der Waals surface area contributed by atoms with Crippen molar-refractivity contribution in [2.24, 2.45) is 0 Å². The lowest BCUT2D eigenvalue weighted by atomic mass is 9.97. The fourth-order valence-electron chi connectivity index (χ4n) is 3.13. The number of benzene rings is 1. The van der Waals surface area contributed by atoms with Gasteiger partial charge >= 0.3 is 0 Å². The minimum absolute atomic E-state index is 0.360. The molecule has 0 saturated carbocycles. The van der Waals surface area contributed by atoms with Gasteiger partial charge in [-0.05, 0) is 63.8 Å². The molecule has 1 aliphatic heterocycles. The van der Waals surface area contributed by atoms with Gasteiger partial charge in [-0.15, -0.1) is 0 Å². The highest BCUT2D eigenvalue weighted by Gasteiger charge is 2.26. The van der Waals surface area contributed by atoms with E-state index in [-0.39, 0.29) is 0 Å². The van der Waals surface area contributed by atoms with Crippen molar-refractivity contribution < 1.29 is 9.84 Å². The molecule has 1 aromatic carbocycles. The number of β-amino-alcohol motifs (C(OH)–C–C–N with tert-alkyl or cyclic N) is 1. The van der Waals surface area contributed by atoms with Crippen LogP contribution in [0.4, 0.5) is 0 Å². The molecule has 0 unspecified atom stereocenters. The Morgan fingerprint density at radius 1 is 1.19 bits per heavy atom. The number of nitrogens with zero attached hydrogens (tertiary/aromatic N) is 1. The lowest BCUT2D eigenvalue weighted by Crippen LogP contribution is -2.48. The molecule has 1 aliphatic rings. The summed E-state index contributed by atoms with van der Waals surface area (Å²) in [5, 5.41) is 10.3. The van der Waals surface area contributed by atoms with Crippen molar-refractivity contribution in [3.8, 4) is 5.75 Å². The number of aliphatic hydroxyl groups excluding tert-OH is 1. The van der Waals surface area contributed by atoms with Gasteiger partial charge in [0.25, 0.3) is 0 Å². The SMILES string of the molecule is Cc1ccc(OC[C@@H](O)CN2[C@H](C)CCC[C@@H]2C)cc1C. The molecule has 1 heterocycles. The predicted molar refractivity (Wildman–Crippen MR) is 86.9 cm³/mol. The van der Waals surface area contributed by atoms with Gasteiger partial charge in [0, 0.05) is 18.6 Å². The third-order valence-corrected chi connectivity index (χ3v) is 4.72. The Morgan fingerprint density at radius 3 is 2.48 bits per heavy atom. The summed E-state index contributed by atoms with van der Waals surface area (Å²) in [6, 6.07) is 7.19. The van der Waals surface area contributed by atoms with Gasteiger partial charge in [-0.1, -0.05) is 12.5 Å². The molecule has 2 rings (SSSR count). The van der Waals surface area contributed by atoms with Crippen molar-refractivity contribution in [1.29, 1.82) is 0 Å². The van der Waals surface area contributed by atoms with Crippen LogP contribution in [-0.2, 0) is 0 Å². The summed E-state index contributed by atoms with van der Waals surface area (Å²) in [5.41, 5.74) is 2.49. The first-order chi connectivity index (χ1) is 9.97. The second-order valence-corrected chi connectivity index (χ2v) is 6.54. The molecule has 1 N–H and O–H groups in total. The molecular formula is C18H29NO2. The number of hydrogen-bond acceptors (Lipinski definition) is 3. The van der Waals surface area contributed by atoms with Gasteiger partial charge in [0.15, 0.2) is 0 Å². The fourth-order valence-corrected chi connectivity index (χ4v) is 3.13. The van der Waals surface area contributed by atoms with E-state index in [9.17, 15) is 5.11 Å². The minimum atomic E-state index is -0.436. The van der Waals surface area contributed by atoms with Crippen LogP contribution < -0.4 is 4.74 Å². The molecule has 0 amide bonds. The molecule has 21 heavy (non-hydrogen) atoms. The van der Waals surface area contributed by atoms with Crippen molar-refractivity contribution in [1.82, 2.24) is 4.90 Å². The normalized spacial score (nSPS) is 24.8. The van der Waals surface area contributed by atoms with Crippen molar-refractivity contribution in [3.05, 3.63) is 29.3 Å². The number of ether oxygens (including phenoxy) is 1. The molecule has 3 nitrogen and oxygen atoms in total. The van der Waals surface area contributed by atoms with Gasteiger partial charge in [-0.25, -0.2) is 0 Å². The molecule has 0 aromatic heterocycles. The van der Waals surface area contributed by atoms with E-state index in [0.29, 0.717) is 25.2 Å². The fraction of sp³-hybridized carbons (Fsp3) is 0.667. The molecule has 0 aliphatic carbocycles. The van der Waals surface area contributed by atoms with E-state index in [0.717, 1.165) is 5.75 Å². The average Bonchev–Trinajstić information content (AvgIpc) is 2.44. The van der Waals surface area contributed by atoms with Gasteiger partial charge < -0.3 is 9.84 Å². The van der Waals surface area contributed by atoms with Gasteiger partial charge in [0.2, 0.25) is 0 Å². The Hall–Kier alpha value is -1.06. The smallest absolute Gasteiger partial charge is 0.119 e. The lowest BCUT2D eigenvalue weighted by Gasteiger charge is -2.40. The summed E-state index contributed by atoms with van der Waals surface area (Å²) >= 11 is 0. The zero-order valence-corrected chi connectivity index (χ0v) is 13.8. The molecule has 0 radical (unpaired) electrons. The number of rotatable bonds is 5. The first-order valence-electron chi connectivity index (χ1n) is 8.11. The monoisotopic (exact) mass is 291 g/mol. The summed E-state index contributed by atoms with van der Waals surface area (Å²) in [7, 11) is 0. The maximum Gasteiger partial charge on any atom is 0.119 e. The second-order valence-electron chi connectivity index (χ2n) is 6.54. The second kappa shape index (κ2) is 7.28. The molecule has 1 fully saturated rings. The molecule has 0 spiro atoms. The van der Waals surface area contributed by atoms with Crippen LogP contribution in [0.25, 0.3) is 0 Å². The van der Waals surface area contributed by atoms with Crippen molar-refractivity contribution in [3.63, 3.8) is 0 Å². The molecule has 1 saturated heterocycles. The summed E-state index contributed by atoms with van der Waals surface area (Å²) < 4.78 is 5.74. The third-order valence-electron chi connectivity index (χ3n) is 4.72. The number of hydrogen-bond donors (Lipinski definition) is 1. The zero-order chi connectivity index (χ0) is 15.4. The highest BCUT2D eigenvalue weighted by atomic mass is 16.5. The highest BCUT2D eigenvalue weighted by molar-refractivity contribution is 5.33. The summed E-state index contributed by atoms with van der Waals surface area (Å²) in [6.45, 7) is 9.74. The Labute approximate surface area is 128 Å². The van der Waals surface area contributed by atoms with Crippen LogP contribution >= 0.6 is 0 Å². The van der Waals surface area contributed by atoms with E-state index in [2.05, 4.69) is 38.7 Å². The Bertz CT molecular complexity index is 451. The number of likely N-dealkylation sites (tertiary alicyclic amines) is 1. The lowest BCUT2D eigenvalue weighted by molar-refractivity contribution is 0.0209. The van der Waals surface area contributed by atoms with E-state index in [4.69, 9.17) is 4.74 Å². The van der Waals surface area contributed by atoms with E-state index in [1.54, 1.807) is 0 Å². The van der Waals surface area contributed by atoms with E-state index in [1.165, 1.54) is 30.4 Å². The molecule has 3 atom stereocenters. The maximum atomic E-state index is 10.3. The molecule has 1 aromatic rings. The Balaban J connectivity index is 1.83. The van der Waals surface area contributed by atoms with Gasteiger partial charge in [0.1, 0.15) is 18.5 Å². The first kappa shape index (κ1) is 16.3. The van der Waals surface area contributed by atoms with Crippen LogP contribution in [0, 0.1) is 13.8 Å². The summed E-state index contributed by atoms with van der Waals surface area (Å²) in [6.07, 6.45) is 3.33. The van der Waals surface area contributed by atoms with Gasteiger partial charge in [0.05, 0.1) is 0 Å². The van der Waals surface area contributed by atoms with E-state index in [1.807, 2.05) is 12.1 Å². The predicted octanol–water partition coefficient (Wildman–Crippen LogP) is 3.31. The van der Waals surface area contributed by atoms with Gasteiger partial charge in [-0.2, -0.15) is 0 Å². The Kier molecular flexibility index (Phi) is 5.65. The van der Waals surface area contributed by atoms with E-state index < -0.39 is 6.10 Å². The van der Waals surface area contributed by atoms with Crippen molar-refractivity contribution in [2.75, 3.05) is 13.2 Å². The summed E-state index contributed by atoms with van der Waals surface area (Å²) in [4.78, 5) is 2.41. The third kappa shape index (κ3) is 4.45. The molecule has 118 valence electrons. The standard InChI is InChI=1S/C18H29NO2/c1-13-8-9-18(10-14(13)2)21-12-17(20)11-19-15(3)6-5-7-16(19)4/h8-10,15-17,20H,5-7,11-12H2,1-4H3/t15-,16+,17-/m0/s1. The maximum absolute atomic E-state index is 10.3. The molecule has 3 heteroatoms. The van der Waals surface area contributed by atoms with Gasteiger partial charge in [-0.3, -0.25) is 4.90 Å². The van der Waals surface area contributed by atoms with Crippen LogP contribution in [0.5, 0.6) is 5.75 Å². The quantitative estimate of drug-likeness (QED) is 0.903. The van der Waals surface area contributed by atoms with Crippen molar-refractivity contribution >= 4 is 0 Å². The van der Waals surface area contributed by atoms with Crippen LogP contribution in [0.2, 0.25) is 0 Å². The van der Waals surface area contributed by atoms with Crippen LogP contribution in [0.3, 0.4) is 0 Å².